The molecule has 0 radical (unpaired) electrons. The molecule has 1 N–H and O–H groups in total. The van der Waals surface area contributed by atoms with E-state index in [0.717, 1.165) is 30.7 Å². The molecule has 2 fully saturated rings. The number of hydrogen-bond acceptors (Lipinski definition) is 3. The number of benzene rings is 1. The van der Waals surface area contributed by atoms with Crippen molar-refractivity contribution in [2.45, 2.75) is 24.8 Å². The highest BCUT2D eigenvalue weighted by Crippen LogP contribution is 2.35. The molecule has 3 heterocycles. The van der Waals surface area contributed by atoms with Crippen molar-refractivity contribution >= 4 is 0 Å². The van der Waals surface area contributed by atoms with Gasteiger partial charge in [-0.15, -0.1) is 0 Å². The highest BCUT2D eigenvalue weighted by Gasteiger charge is 2.37. The fraction of sp³-hybridized carbons (Fsp3) is 0.625. The number of likely N-dealkylation sites (tertiary alicyclic amines) is 1. The van der Waals surface area contributed by atoms with E-state index in [2.05, 4.69) is 34.5 Å². The van der Waals surface area contributed by atoms with E-state index in [1.165, 1.54) is 38.2 Å². The van der Waals surface area contributed by atoms with Gasteiger partial charge in [0.25, 0.3) is 0 Å². The Kier molecular flexibility index (Phi) is 2.97. The molecule has 0 spiro atoms. The quantitative estimate of drug-likeness (QED) is 0.876. The Morgan fingerprint density at radius 3 is 3.11 bits per heavy atom. The third-order valence-electron chi connectivity index (χ3n) is 5.00. The zero-order valence-electron chi connectivity index (χ0n) is 11.3. The number of fused-ring (bicyclic) bond motifs is 2. The predicted molar refractivity (Wildman–Crippen MR) is 75.6 cm³/mol. The third-order valence-corrected chi connectivity index (χ3v) is 5.00. The fourth-order valence-electron chi connectivity index (χ4n) is 4.00. The molecule has 0 bridgehead atoms. The van der Waals surface area contributed by atoms with Crippen LogP contribution in [0.15, 0.2) is 24.3 Å². The highest BCUT2D eigenvalue weighted by molar-refractivity contribution is 5.38. The summed E-state index contributed by atoms with van der Waals surface area (Å²) in [6.07, 6.45) is 2.53. The second-order valence-electron chi connectivity index (χ2n) is 6.20. The van der Waals surface area contributed by atoms with Crippen LogP contribution < -0.4 is 10.1 Å². The minimum absolute atomic E-state index is 0.656. The van der Waals surface area contributed by atoms with E-state index in [4.69, 9.17) is 4.74 Å². The van der Waals surface area contributed by atoms with Crippen molar-refractivity contribution < 1.29 is 4.74 Å². The summed E-state index contributed by atoms with van der Waals surface area (Å²) < 4.78 is 5.76. The lowest BCUT2D eigenvalue weighted by molar-refractivity contribution is 0.226. The molecule has 19 heavy (non-hydrogen) atoms. The van der Waals surface area contributed by atoms with Gasteiger partial charge in [-0.1, -0.05) is 18.2 Å². The van der Waals surface area contributed by atoms with Gasteiger partial charge < -0.3 is 15.0 Å². The fourth-order valence-corrected chi connectivity index (χ4v) is 4.00. The van der Waals surface area contributed by atoms with Crippen LogP contribution >= 0.6 is 0 Å². The van der Waals surface area contributed by atoms with Crippen molar-refractivity contribution in [1.29, 1.82) is 0 Å². The van der Waals surface area contributed by atoms with Crippen LogP contribution in [0, 0.1) is 5.92 Å². The van der Waals surface area contributed by atoms with E-state index in [9.17, 15) is 0 Å². The summed E-state index contributed by atoms with van der Waals surface area (Å²) in [4.78, 5) is 2.66. The lowest BCUT2D eigenvalue weighted by Gasteiger charge is -2.29. The second kappa shape index (κ2) is 4.80. The minimum Gasteiger partial charge on any atom is -0.493 e. The van der Waals surface area contributed by atoms with Gasteiger partial charge in [0.15, 0.2) is 0 Å². The van der Waals surface area contributed by atoms with Gasteiger partial charge in [0.2, 0.25) is 0 Å². The molecule has 3 nitrogen and oxygen atoms in total. The molecular formula is C16H22N2O. The van der Waals surface area contributed by atoms with Gasteiger partial charge in [-0.05, 0) is 36.9 Å². The normalized spacial score (nSPS) is 33.8. The largest absolute Gasteiger partial charge is 0.493 e. The van der Waals surface area contributed by atoms with Crippen molar-refractivity contribution in [2.75, 3.05) is 32.8 Å². The van der Waals surface area contributed by atoms with Gasteiger partial charge in [-0.2, -0.15) is 0 Å². The third kappa shape index (κ3) is 2.15. The van der Waals surface area contributed by atoms with Crippen LogP contribution in [0.25, 0.3) is 0 Å². The first-order valence-corrected chi connectivity index (χ1v) is 7.57. The van der Waals surface area contributed by atoms with Crippen LogP contribution in [0.5, 0.6) is 5.75 Å². The Hall–Kier alpha value is -1.06. The molecule has 3 atom stereocenters. The zero-order valence-corrected chi connectivity index (χ0v) is 11.3. The van der Waals surface area contributed by atoms with Crippen LogP contribution in [-0.4, -0.2) is 43.7 Å². The van der Waals surface area contributed by atoms with E-state index in [0.29, 0.717) is 5.92 Å². The zero-order chi connectivity index (χ0) is 12.7. The van der Waals surface area contributed by atoms with E-state index in [-0.39, 0.29) is 0 Å². The van der Waals surface area contributed by atoms with Crippen molar-refractivity contribution in [3.8, 4) is 5.75 Å². The SMILES string of the molecule is c1ccc2c(c1)OCCC2CN1C[C@@H]2CCN[C@@H]2C1. The van der Waals surface area contributed by atoms with E-state index < -0.39 is 0 Å². The summed E-state index contributed by atoms with van der Waals surface area (Å²) in [5.74, 6) is 2.66. The molecule has 0 aliphatic carbocycles. The maximum Gasteiger partial charge on any atom is 0.122 e. The van der Waals surface area contributed by atoms with Gasteiger partial charge in [0.05, 0.1) is 6.61 Å². The molecule has 0 amide bonds. The van der Waals surface area contributed by atoms with Gasteiger partial charge in [-0.25, -0.2) is 0 Å². The van der Waals surface area contributed by atoms with E-state index in [1.54, 1.807) is 0 Å². The molecule has 0 aromatic heterocycles. The standard InChI is InChI=1S/C16H22N2O/c1-2-4-16-14(3-1)12(6-8-19-16)9-18-10-13-5-7-17-15(13)11-18/h1-4,12-13,15,17H,5-11H2/t12?,13-,15+/m0/s1. The maximum absolute atomic E-state index is 5.76. The van der Waals surface area contributed by atoms with E-state index in [1.807, 2.05) is 0 Å². The lowest BCUT2D eigenvalue weighted by atomic mass is 9.92. The molecule has 2 saturated heterocycles. The first kappa shape index (κ1) is 11.7. The predicted octanol–water partition coefficient (Wildman–Crippen LogP) is 1.85. The number of hydrogen-bond donors (Lipinski definition) is 1. The Labute approximate surface area is 114 Å². The van der Waals surface area contributed by atoms with Crippen molar-refractivity contribution in [3.63, 3.8) is 0 Å². The summed E-state index contributed by atoms with van der Waals surface area (Å²) >= 11 is 0. The molecule has 3 heteroatoms. The average Bonchev–Trinajstić information content (AvgIpc) is 3.00. The molecule has 3 aliphatic heterocycles. The molecule has 3 aliphatic rings. The van der Waals surface area contributed by atoms with Crippen molar-refractivity contribution in [2.24, 2.45) is 5.92 Å². The molecule has 102 valence electrons. The van der Waals surface area contributed by atoms with Crippen LogP contribution in [0.4, 0.5) is 0 Å². The van der Waals surface area contributed by atoms with Crippen LogP contribution in [0.2, 0.25) is 0 Å². The van der Waals surface area contributed by atoms with Crippen LogP contribution in [0.3, 0.4) is 0 Å². The molecule has 4 rings (SSSR count). The second-order valence-corrected chi connectivity index (χ2v) is 6.20. The lowest BCUT2D eigenvalue weighted by Crippen LogP contribution is -2.33. The Bertz CT molecular complexity index is 450. The molecule has 0 saturated carbocycles. The Morgan fingerprint density at radius 1 is 1.21 bits per heavy atom. The number of nitrogens with zero attached hydrogens (tertiary/aromatic N) is 1. The highest BCUT2D eigenvalue weighted by atomic mass is 16.5. The molecule has 1 aromatic rings. The smallest absolute Gasteiger partial charge is 0.122 e. The van der Waals surface area contributed by atoms with Gasteiger partial charge >= 0.3 is 0 Å². The number of ether oxygens (including phenoxy) is 1. The average molecular weight is 258 g/mol. The topological polar surface area (TPSA) is 24.5 Å². The first-order chi connectivity index (χ1) is 9.40. The monoisotopic (exact) mass is 258 g/mol. The molecular weight excluding hydrogens is 236 g/mol. The van der Waals surface area contributed by atoms with Crippen LogP contribution in [0.1, 0.15) is 24.3 Å². The summed E-state index contributed by atoms with van der Waals surface area (Å²) in [7, 11) is 0. The Balaban J connectivity index is 1.47. The number of nitrogens with one attached hydrogen (secondary N) is 1. The summed E-state index contributed by atoms with van der Waals surface area (Å²) in [6.45, 7) is 5.83. The van der Waals surface area contributed by atoms with Gasteiger partial charge in [0, 0.05) is 31.6 Å². The van der Waals surface area contributed by atoms with Crippen LogP contribution in [-0.2, 0) is 0 Å². The number of para-hydroxylation sites is 1. The Morgan fingerprint density at radius 2 is 2.16 bits per heavy atom. The summed E-state index contributed by atoms with van der Waals surface area (Å²) in [5.41, 5.74) is 1.42. The van der Waals surface area contributed by atoms with Gasteiger partial charge in [0.1, 0.15) is 5.75 Å². The maximum atomic E-state index is 5.76. The minimum atomic E-state index is 0.656. The number of rotatable bonds is 2. The first-order valence-electron chi connectivity index (χ1n) is 7.57. The van der Waals surface area contributed by atoms with Gasteiger partial charge in [-0.3, -0.25) is 0 Å². The summed E-state index contributed by atoms with van der Waals surface area (Å²) in [6, 6.07) is 9.33. The molecule has 1 aromatic carbocycles. The molecule has 1 unspecified atom stereocenters. The summed E-state index contributed by atoms with van der Waals surface area (Å²) in [5, 5.41) is 3.64. The van der Waals surface area contributed by atoms with Crippen molar-refractivity contribution in [1.82, 2.24) is 10.2 Å². The van der Waals surface area contributed by atoms with Crippen molar-refractivity contribution in [3.05, 3.63) is 29.8 Å². The van der Waals surface area contributed by atoms with E-state index >= 15 is 0 Å².